The van der Waals surface area contributed by atoms with Gasteiger partial charge in [0.2, 0.25) is 0 Å². The molecular weight excluding hydrogens is 241 g/mol. The largest absolute Gasteiger partial charge is 0.497 e. The zero-order valence-electron chi connectivity index (χ0n) is 10.6. The molecule has 2 aromatic rings. The van der Waals surface area contributed by atoms with Crippen molar-refractivity contribution in [2.45, 2.75) is 12.2 Å². The lowest BCUT2D eigenvalue weighted by atomic mass is 9.99. The maximum Gasteiger partial charge on any atom is 0.146 e. The minimum atomic E-state index is -1.09. The fourth-order valence-electron chi connectivity index (χ4n) is 2.29. The molecule has 0 saturated carbocycles. The summed E-state index contributed by atoms with van der Waals surface area (Å²) in [6.07, 6.45) is 0.542. The van der Waals surface area contributed by atoms with Gasteiger partial charge in [0.1, 0.15) is 18.0 Å². The van der Waals surface area contributed by atoms with Gasteiger partial charge in [0.25, 0.3) is 0 Å². The molecule has 2 unspecified atom stereocenters. The molecule has 1 aliphatic rings. The third kappa shape index (κ3) is 2.24. The number of hydrogen-bond acceptors (Lipinski definition) is 2. The van der Waals surface area contributed by atoms with Crippen molar-refractivity contribution in [3.8, 4) is 5.75 Å². The van der Waals surface area contributed by atoms with Gasteiger partial charge in [-0.25, -0.2) is 4.39 Å². The van der Waals surface area contributed by atoms with Crippen molar-refractivity contribution in [3.63, 3.8) is 0 Å². The normalized spacial score (nSPS) is 20.9. The molecule has 2 atom stereocenters. The maximum atomic E-state index is 14.2. The Balaban J connectivity index is 2.04. The van der Waals surface area contributed by atoms with Crippen molar-refractivity contribution in [3.05, 3.63) is 64.7 Å². The summed E-state index contributed by atoms with van der Waals surface area (Å²) >= 11 is 0. The Labute approximate surface area is 110 Å². The van der Waals surface area contributed by atoms with Crippen LogP contribution in [0.25, 0.3) is 6.08 Å². The molecule has 96 valence electrons. The van der Waals surface area contributed by atoms with E-state index < -0.39 is 12.2 Å². The maximum absolute atomic E-state index is 14.2. The second-order valence-electron chi connectivity index (χ2n) is 4.52. The summed E-state index contributed by atoms with van der Waals surface area (Å²) in [5.74, 6) is 0.763. The summed E-state index contributed by atoms with van der Waals surface area (Å²) in [5, 5.41) is 1.71. The van der Waals surface area contributed by atoms with Crippen LogP contribution >= 0.6 is 0 Å². The van der Waals surface area contributed by atoms with Gasteiger partial charge >= 0.3 is 0 Å². The number of halogens is 1. The highest BCUT2D eigenvalue weighted by atomic mass is 19.1. The summed E-state index contributed by atoms with van der Waals surface area (Å²) < 4.78 is 19.3. The molecular formula is C16H14FNO. The van der Waals surface area contributed by atoms with Gasteiger partial charge in [0.05, 0.1) is 12.5 Å². The Morgan fingerprint density at radius 2 is 1.79 bits per heavy atom. The van der Waals surface area contributed by atoms with Crippen LogP contribution < -0.4 is 15.3 Å². The van der Waals surface area contributed by atoms with Gasteiger partial charge in [-0.05, 0) is 35.1 Å². The Morgan fingerprint density at radius 3 is 2.53 bits per heavy atom. The number of benzene rings is 2. The fraction of sp³-hybridized carbons (Fsp3) is 0.188. The van der Waals surface area contributed by atoms with Crippen LogP contribution in [0, 0.1) is 0 Å². The van der Waals surface area contributed by atoms with Crippen LogP contribution in [0.4, 0.5) is 4.39 Å². The van der Waals surface area contributed by atoms with E-state index >= 15 is 0 Å². The van der Waals surface area contributed by atoms with Crippen LogP contribution in [0.2, 0.25) is 0 Å². The second-order valence-corrected chi connectivity index (χ2v) is 4.52. The smallest absolute Gasteiger partial charge is 0.146 e. The van der Waals surface area contributed by atoms with Crippen molar-refractivity contribution in [1.82, 2.24) is 0 Å². The van der Waals surface area contributed by atoms with Gasteiger partial charge in [-0.15, -0.1) is 0 Å². The van der Waals surface area contributed by atoms with Crippen LogP contribution in [0.15, 0.2) is 53.5 Å². The third-order valence-corrected chi connectivity index (χ3v) is 3.31. The average molecular weight is 255 g/mol. The summed E-state index contributed by atoms with van der Waals surface area (Å²) in [5.41, 5.74) is 0.860. The standard InChI is InChI=1S/C16H14FNO/c1-19-13-8-6-11(7-9-13)16-14(17)10-12-4-2-3-5-15(12)18-16/h2-10,14,16H,1H3. The molecule has 0 bridgehead atoms. The van der Waals surface area contributed by atoms with Gasteiger partial charge in [-0.3, -0.25) is 4.99 Å². The first-order chi connectivity index (χ1) is 9.28. The van der Waals surface area contributed by atoms with E-state index in [4.69, 9.17) is 4.74 Å². The van der Waals surface area contributed by atoms with E-state index in [2.05, 4.69) is 4.99 Å². The van der Waals surface area contributed by atoms with E-state index in [1.165, 1.54) is 0 Å². The number of fused-ring (bicyclic) bond motifs is 1. The molecule has 0 aliphatic carbocycles. The van der Waals surface area contributed by atoms with Crippen LogP contribution in [-0.2, 0) is 0 Å². The zero-order valence-corrected chi connectivity index (χ0v) is 10.6. The van der Waals surface area contributed by atoms with Crippen LogP contribution in [0.5, 0.6) is 5.75 Å². The first-order valence-electron chi connectivity index (χ1n) is 6.21. The fourth-order valence-corrected chi connectivity index (χ4v) is 2.29. The lowest BCUT2D eigenvalue weighted by Gasteiger charge is -2.18. The van der Waals surface area contributed by atoms with E-state index in [0.717, 1.165) is 21.9 Å². The molecule has 2 nitrogen and oxygen atoms in total. The average Bonchev–Trinajstić information content (AvgIpc) is 2.47. The molecule has 0 aromatic heterocycles. The molecule has 0 radical (unpaired) electrons. The molecule has 0 fully saturated rings. The Kier molecular flexibility index (Phi) is 3.03. The van der Waals surface area contributed by atoms with Gasteiger partial charge in [0, 0.05) is 0 Å². The highest BCUT2D eigenvalue weighted by molar-refractivity contribution is 5.38. The van der Waals surface area contributed by atoms with Crippen molar-refractivity contribution >= 4 is 6.08 Å². The number of methoxy groups -OCH3 is 1. The van der Waals surface area contributed by atoms with Gasteiger partial charge in [0.15, 0.2) is 0 Å². The van der Waals surface area contributed by atoms with Crippen molar-refractivity contribution in [2.75, 3.05) is 7.11 Å². The van der Waals surface area contributed by atoms with Crippen LogP contribution in [-0.4, -0.2) is 13.3 Å². The first-order valence-corrected chi connectivity index (χ1v) is 6.21. The predicted molar refractivity (Wildman–Crippen MR) is 72.3 cm³/mol. The predicted octanol–water partition coefficient (Wildman–Crippen LogP) is 2.19. The SMILES string of the molecule is COc1ccc(C2N=c3ccccc3=CC2F)cc1. The highest BCUT2D eigenvalue weighted by Gasteiger charge is 2.22. The lowest BCUT2D eigenvalue weighted by Crippen LogP contribution is -2.33. The van der Waals surface area contributed by atoms with E-state index in [9.17, 15) is 4.39 Å². The number of alkyl halides is 1. The minimum Gasteiger partial charge on any atom is -0.497 e. The topological polar surface area (TPSA) is 21.6 Å². The Morgan fingerprint density at radius 1 is 1.05 bits per heavy atom. The number of para-hydroxylation sites is 1. The molecule has 0 amide bonds. The van der Waals surface area contributed by atoms with E-state index in [1.807, 2.05) is 48.5 Å². The third-order valence-electron chi connectivity index (χ3n) is 3.31. The number of ether oxygens (including phenoxy) is 1. The van der Waals surface area contributed by atoms with Crippen molar-refractivity contribution in [1.29, 1.82) is 0 Å². The highest BCUT2D eigenvalue weighted by Crippen LogP contribution is 2.26. The summed E-state index contributed by atoms with van der Waals surface area (Å²) in [6.45, 7) is 0. The van der Waals surface area contributed by atoms with Gasteiger partial charge < -0.3 is 4.74 Å². The monoisotopic (exact) mass is 255 g/mol. The summed E-state index contributed by atoms with van der Waals surface area (Å²) in [6, 6.07) is 14.5. The summed E-state index contributed by atoms with van der Waals surface area (Å²) in [4.78, 5) is 4.51. The summed E-state index contributed by atoms with van der Waals surface area (Å²) in [7, 11) is 1.61. The van der Waals surface area contributed by atoms with Gasteiger partial charge in [-0.1, -0.05) is 30.3 Å². The molecule has 2 aromatic carbocycles. The molecule has 3 rings (SSSR count). The molecule has 19 heavy (non-hydrogen) atoms. The van der Waals surface area contributed by atoms with Crippen LogP contribution in [0.1, 0.15) is 11.6 Å². The molecule has 1 heterocycles. The van der Waals surface area contributed by atoms with E-state index in [1.54, 1.807) is 13.2 Å². The minimum absolute atomic E-state index is 0.471. The quantitative estimate of drug-likeness (QED) is 0.806. The molecule has 3 heteroatoms. The van der Waals surface area contributed by atoms with Crippen LogP contribution in [0.3, 0.4) is 0 Å². The Hall–Kier alpha value is -2.16. The zero-order chi connectivity index (χ0) is 13.2. The number of nitrogens with zero attached hydrogens (tertiary/aromatic N) is 1. The first kappa shape index (κ1) is 11.9. The van der Waals surface area contributed by atoms with Gasteiger partial charge in [-0.2, -0.15) is 0 Å². The Bertz CT molecular complexity index is 693. The molecule has 1 aliphatic heterocycles. The second kappa shape index (κ2) is 4.84. The molecule has 0 saturated heterocycles. The lowest BCUT2D eigenvalue weighted by molar-refractivity contribution is 0.356. The van der Waals surface area contributed by atoms with Crippen molar-refractivity contribution in [2.24, 2.45) is 4.99 Å². The number of rotatable bonds is 2. The van der Waals surface area contributed by atoms with E-state index in [0.29, 0.717) is 0 Å². The van der Waals surface area contributed by atoms with E-state index in [-0.39, 0.29) is 0 Å². The molecule has 0 spiro atoms. The number of hydrogen-bond donors (Lipinski definition) is 0. The van der Waals surface area contributed by atoms with Crippen molar-refractivity contribution < 1.29 is 9.13 Å². The molecule has 0 N–H and O–H groups in total.